The summed E-state index contributed by atoms with van der Waals surface area (Å²) in [4.78, 5) is 13.6. The van der Waals surface area contributed by atoms with Crippen molar-refractivity contribution in [3.8, 4) is 0 Å². The predicted molar refractivity (Wildman–Crippen MR) is 102 cm³/mol. The van der Waals surface area contributed by atoms with E-state index in [0.29, 0.717) is 5.92 Å². The Kier molecular flexibility index (Phi) is 4.20. The van der Waals surface area contributed by atoms with Gasteiger partial charge < -0.3 is 4.90 Å². The van der Waals surface area contributed by atoms with Crippen LogP contribution in [0.5, 0.6) is 0 Å². The molecular formula is C19H24N8. The highest BCUT2D eigenvalue weighted by atomic mass is 15.4. The molecule has 8 nitrogen and oxygen atoms in total. The summed E-state index contributed by atoms with van der Waals surface area (Å²) in [6, 6.07) is 4.08. The fraction of sp³-hybridized carbons (Fsp3) is 0.526. The Morgan fingerprint density at radius 3 is 2.63 bits per heavy atom. The van der Waals surface area contributed by atoms with Gasteiger partial charge in [0, 0.05) is 37.9 Å². The molecule has 8 heteroatoms. The van der Waals surface area contributed by atoms with Crippen LogP contribution in [-0.4, -0.2) is 60.9 Å². The molecule has 0 atom stereocenters. The smallest absolute Gasteiger partial charge is 0.178 e. The molecule has 3 aromatic heterocycles. The molecule has 0 aromatic carbocycles. The Balaban J connectivity index is 1.29. The van der Waals surface area contributed by atoms with E-state index in [9.17, 15) is 0 Å². The van der Waals surface area contributed by atoms with Crippen molar-refractivity contribution in [3.63, 3.8) is 0 Å². The molecule has 0 spiro atoms. The van der Waals surface area contributed by atoms with Gasteiger partial charge in [-0.1, -0.05) is 0 Å². The fourth-order valence-electron chi connectivity index (χ4n) is 3.93. The molecule has 0 bridgehead atoms. The molecule has 5 heterocycles. The van der Waals surface area contributed by atoms with Gasteiger partial charge in [0.1, 0.15) is 5.82 Å². The first-order valence-corrected chi connectivity index (χ1v) is 9.73. The van der Waals surface area contributed by atoms with Crippen molar-refractivity contribution in [2.45, 2.75) is 38.6 Å². The summed E-state index contributed by atoms with van der Waals surface area (Å²) < 4.78 is 1.96. The van der Waals surface area contributed by atoms with Crippen molar-refractivity contribution in [2.24, 2.45) is 0 Å². The lowest BCUT2D eigenvalue weighted by atomic mass is 9.96. The first-order valence-electron chi connectivity index (χ1n) is 9.73. The molecule has 2 fully saturated rings. The van der Waals surface area contributed by atoms with Crippen LogP contribution in [-0.2, 0) is 6.54 Å². The zero-order valence-corrected chi connectivity index (χ0v) is 15.6. The average molecular weight is 364 g/mol. The van der Waals surface area contributed by atoms with Crippen LogP contribution >= 0.6 is 0 Å². The van der Waals surface area contributed by atoms with E-state index in [4.69, 9.17) is 5.10 Å². The minimum Gasteiger partial charge on any atom is -0.355 e. The molecule has 0 N–H and O–H groups in total. The lowest BCUT2D eigenvalue weighted by molar-refractivity contribution is 0.198. The Morgan fingerprint density at radius 1 is 1.04 bits per heavy atom. The maximum atomic E-state index is 4.81. The van der Waals surface area contributed by atoms with E-state index in [1.165, 1.54) is 6.42 Å². The highest BCUT2D eigenvalue weighted by Gasteiger charge is 2.26. The molecule has 0 radical (unpaired) electrons. The minimum absolute atomic E-state index is 0.402. The van der Waals surface area contributed by atoms with Gasteiger partial charge in [-0.3, -0.25) is 14.9 Å². The number of aryl methyl sites for hydroxylation is 1. The van der Waals surface area contributed by atoms with Gasteiger partial charge in [0.2, 0.25) is 0 Å². The SMILES string of the molecule is Cc1cncc(CN2CCC(c3nnc4ccc(N5CCC5)nn34)CC2)n1. The van der Waals surface area contributed by atoms with E-state index in [0.717, 1.165) is 74.2 Å². The van der Waals surface area contributed by atoms with E-state index >= 15 is 0 Å². The van der Waals surface area contributed by atoms with Crippen molar-refractivity contribution in [1.29, 1.82) is 0 Å². The van der Waals surface area contributed by atoms with Crippen LogP contribution in [0.1, 0.15) is 42.4 Å². The highest BCUT2D eigenvalue weighted by Crippen LogP contribution is 2.28. The second-order valence-corrected chi connectivity index (χ2v) is 7.56. The van der Waals surface area contributed by atoms with Crippen molar-refractivity contribution in [3.05, 3.63) is 41.7 Å². The minimum atomic E-state index is 0.402. The number of anilines is 1. The summed E-state index contributed by atoms with van der Waals surface area (Å²) >= 11 is 0. The molecule has 3 aromatic rings. The van der Waals surface area contributed by atoms with Gasteiger partial charge in [0.15, 0.2) is 11.5 Å². The second-order valence-electron chi connectivity index (χ2n) is 7.56. The molecule has 2 aliphatic rings. The molecular weight excluding hydrogens is 340 g/mol. The van der Waals surface area contributed by atoms with E-state index in [-0.39, 0.29) is 0 Å². The first kappa shape index (κ1) is 16.6. The zero-order valence-electron chi connectivity index (χ0n) is 15.6. The number of nitrogens with zero attached hydrogens (tertiary/aromatic N) is 8. The molecule has 27 heavy (non-hydrogen) atoms. The maximum Gasteiger partial charge on any atom is 0.178 e. The first-order chi connectivity index (χ1) is 13.3. The average Bonchev–Trinajstić information content (AvgIpc) is 3.04. The van der Waals surface area contributed by atoms with E-state index in [2.05, 4.69) is 36.0 Å². The van der Waals surface area contributed by atoms with Crippen LogP contribution in [0.2, 0.25) is 0 Å². The Morgan fingerprint density at radius 2 is 1.89 bits per heavy atom. The summed E-state index contributed by atoms with van der Waals surface area (Å²) in [5.41, 5.74) is 2.86. The largest absolute Gasteiger partial charge is 0.355 e. The lowest BCUT2D eigenvalue weighted by Gasteiger charge is -2.32. The van der Waals surface area contributed by atoms with E-state index < -0.39 is 0 Å². The molecule has 2 aliphatic heterocycles. The Hall–Kier alpha value is -2.61. The predicted octanol–water partition coefficient (Wildman–Crippen LogP) is 1.81. The van der Waals surface area contributed by atoms with Crippen LogP contribution in [0.25, 0.3) is 5.65 Å². The molecule has 5 rings (SSSR count). The van der Waals surface area contributed by atoms with Crippen LogP contribution in [0, 0.1) is 6.92 Å². The molecule has 0 saturated carbocycles. The normalized spacial score (nSPS) is 18.8. The van der Waals surface area contributed by atoms with Gasteiger partial charge in [-0.25, -0.2) is 0 Å². The Labute approximate surface area is 158 Å². The quantitative estimate of drug-likeness (QED) is 0.699. The third kappa shape index (κ3) is 3.25. The topological polar surface area (TPSA) is 75.3 Å². The molecule has 0 aliphatic carbocycles. The van der Waals surface area contributed by atoms with Gasteiger partial charge in [0.25, 0.3) is 0 Å². The van der Waals surface area contributed by atoms with E-state index in [1.54, 1.807) is 6.20 Å². The highest BCUT2D eigenvalue weighted by molar-refractivity contribution is 5.47. The van der Waals surface area contributed by atoms with Gasteiger partial charge in [-0.05, 0) is 51.4 Å². The summed E-state index contributed by atoms with van der Waals surface area (Å²) in [6.07, 6.45) is 7.05. The number of rotatable bonds is 4. The molecule has 0 unspecified atom stereocenters. The van der Waals surface area contributed by atoms with Crippen molar-refractivity contribution >= 4 is 11.5 Å². The second kappa shape index (κ2) is 6.84. The summed E-state index contributed by atoms with van der Waals surface area (Å²) in [7, 11) is 0. The third-order valence-electron chi connectivity index (χ3n) is 5.60. The van der Waals surface area contributed by atoms with Gasteiger partial charge in [-0.15, -0.1) is 15.3 Å². The number of likely N-dealkylation sites (tertiary alicyclic amines) is 1. The van der Waals surface area contributed by atoms with Gasteiger partial charge in [-0.2, -0.15) is 4.52 Å². The molecule has 2 saturated heterocycles. The Bertz CT molecular complexity index is 940. The van der Waals surface area contributed by atoms with E-state index in [1.807, 2.05) is 23.7 Å². The lowest BCUT2D eigenvalue weighted by Crippen LogP contribution is -2.38. The molecule has 140 valence electrons. The van der Waals surface area contributed by atoms with Gasteiger partial charge in [0.05, 0.1) is 11.4 Å². The van der Waals surface area contributed by atoms with Crippen LogP contribution in [0.4, 0.5) is 5.82 Å². The number of fused-ring (bicyclic) bond motifs is 1. The van der Waals surface area contributed by atoms with Gasteiger partial charge >= 0.3 is 0 Å². The molecule has 0 amide bonds. The monoisotopic (exact) mass is 364 g/mol. The summed E-state index contributed by atoms with van der Waals surface area (Å²) in [5, 5.41) is 13.6. The summed E-state index contributed by atoms with van der Waals surface area (Å²) in [6.45, 7) is 7.09. The van der Waals surface area contributed by atoms with Crippen LogP contribution < -0.4 is 4.90 Å². The zero-order chi connectivity index (χ0) is 18.2. The number of piperidine rings is 1. The van der Waals surface area contributed by atoms with Crippen molar-refractivity contribution in [1.82, 2.24) is 34.7 Å². The summed E-state index contributed by atoms with van der Waals surface area (Å²) in [5.74, 6) is 2.44. The van der Waals surface area contributed by atoms with Crippen molar-refractivity contribution in [2.75, 3.05) is 31.1 Å². The van der Waals surface area contributed by atoms with Crippen molar-refractivity contribution < 1.29 is 0 Å². The standard InChI is InChI=1S/C19H24N8/c1-14-11-20-12-16(21-14)13-25-9-5-15(6-10-25)19-23-22-17-3-4-18(24-27(17)19)26-7-2-8-26/h3-4,11-12,15H,2,5-10,13H2,1H3. The third-order valence-corrected chi connectivity index (χ3v) is 5.60. The fourth-order valence-corrected chi connectivity index (χ4v) is 3.93. The van der Waals surface area contributed by atoms with Crippen LogP contribution in [0.3, 0.4) is 0 Å². The maximum absolute atomic E-state index is 4.81. The van der Waals surface area contributed by atoms with Crippen LogP contribution in [0.15, 0.2) is 24.5 Å². The number of hydrogen-bond acceptors (Lipinski definition) is 7. The number of aromatic nitrogens is 6. The number of hydrogen-bond donors (Lipinski definition) is 0.